The minimum absolute atomic E-state index is 0.247. The average Bonchev–Trinajstić information content (AvgIpc) is 2.95. The van der Waals surface area contributed by atoms with Gasteiger partial charge in [-0.1, -0.05) is 12.1 Å². The minimum Gasteiger partial charge on any atom is -0.444 e. The van der Waals surface area contributed by atoms with Gasteiger partial charge in [0.1, 0.15) is 18.3 Å². The Morgan fingerprint density at radius 3 is 2.58 bits per heavy atom. The Balaban J connectivity index is 1.45. The van der Waals surface area contributed by atoms with Crippen molar-refractivity contribution >= 4 is 11.8 Å². The normalized spacial score (nSPS) is 15.0. The highest BCUT2D eigenvalue weighted by Gasteiger charge is 2.33. The molecular formula is C17H23N5O2. The lowest BCUT2D eigenvalue weighted by molar-refractivity contribution is 0.0105. The summed E-state index contributed by atoms with van der Waals surface area (Å²) in [6.45, 7) is 7.66. The standard InChI is InChI=1S/C17H23N5O2/c1-17(2,3)24-16(23)21-9-15(10-21)20-14-6-4-13(5-7-14)8-22-12-18-11-19-22/h4-7,11-12,15,20H,8-10H2,1-3H3. The van der Waals surface area contributed by atoms with E-state index in [-0.39, 0.29) is 12.1 Å². The number of anilines is 1. The minimum atomic E-state index is -0.449. The lowest BCUT2D eigenvalue weighted by Gasteiger charge is -2.40. The Hall–Kier alpha value is -2.57. The fraction of sp³-hybridized carbons (Fsp3) is 0.471. The van der Waals surface area contributed by atoms with E-state index in [2.05, 4.69) is 27.5 Å². The number of likely N-dealkylation sites (tertiary alicyclic amines) is 1. The van der Waals surface area contributed by atoms with Crippen molar-refractivity contribution in [2.24, 2.45) is 0 Å². The second-order valence-electron chi connectivity index (χ2n) is 7.02. The third-order valence-corrected chi connectivity index (χ3v) is 3.67. The van der Waals surface area contributed by atoms with Gasteiger partial charge in [0, 0.05) is 18.8 Å². The van der Waals surface area contributed by atoms with Crippen LogP contribution in [-0.4, -0.2) is 50.5 Å². The zero-order valence-electron chi connectivity index (χ0n) is 14.3. The predicted molar refractivity (Wildman–Crippen MR) is 90.8 cm³/mol. The number of nitrogens with zero attached hydrogens (tertiary/aromatic N) is 4. The molecule has 3 rings (SSSR count). The Bertz CT molecular complexity index is 670. The number of hydrogen-bond acceptors (Lipinski definition) is 5. The molecule has 1 aromatic carbocycles. The van der Waals surface area contributed by atoms with Crippen LogP contribution >= 0.6 is 0 Å². The molecule has 1 aliphatic heterocycles. The van der Waals surface area contributed by atoms with Crippen LogP contribution in [0, 0.1) is 0 Å². The van der Waals surface area contributed by atoms with E-state index in [9.17, 15) is 4.79 Å². The molecule has 2 heterocycles. The van der Waals surface area contributed by atoms with E-state index in [4.69, 9.17) is 4.74 Å². The summed E-state index contributed by atoms with van der Waals surface area (Å²) in [5.41, 5.74) is 1.76. The number of carbonyl (C=O) groups is 1. The Morgan fingerprint density at radius 2 is 2.00 bits per heavy atom. The van der Waals surface area contributed by atoms with E-state index in [0.717, 1.165) is 11.3 Å². The van der Waals surface area contributed by atoms with Gasteiger partial charge in [-0.05, 0) is 38.5 Å². The summed E-state index contributed by atoms with van der Waals surface area (Å²) in [5, 5.41) is 7.52. The van der Waals surface area contributed by atoms with Crippen LogP contribution in [0.2, 0.25) is 0 Å². The number of rotatable bonds is 4. The van der Waals surface area contributed by atoms with Gasteiger partial charge < -0.3 is 15.0 Å². The number of carbonyl (C=O) groups excluding carboxylic acids is 1. The van der Waals surface area contributed by atoms with Crippen LogP contribution in [0.25, 0.3) is 0 Å². The first-order valence-corrected chi connectivity index (χ1v) is 8.05. The highest BCUT2D eigenvalue weighted by molar-refractivity contribution is 5.69. The van der Waals surface area contributed by atoms with Crippen molar-refractivity contribution in [2.75, 3.05) is 18.4 Å². The second-order valence-corrected chi connectivity index (χ2v) is 7.02. The Morgan fingerprint density at radius 1 is 1.29 bits per heavy atom. The van der Waals surface area contributed by atoms with Gasteiger partial charge in [0.05, 0.1) is 12.6 Å². The van der Waals surface area contributed by atoms with Gasteiger partial charge in [0.25, 0.3) is 0 Å². The van der Waals surface area contributed by atoms with E-state index >= 15 is 0 Å². The number of aromatic nitrogens is 3. The van der Waals surface area contributed by atoms with Crippen molar-refractivity contribution in [1.82, 2.24) is 19.7 Å². The summed E-state index contributed by atoms with van der Waals surface area (Å²) in [4.78, 5) is 17.5. The molecule has 7 heteroatoms. The van der Waals surface area contributed by atoms with Crippen molar-refractivity contribution in [2.45, 2.75) is 39.0 Å². The molecule has 1 fully saturated rings. The molecule has 1 aromatic heterocycles. The number of benzene rings is 1. The quantitative estimate of drug-likeness (QED) is 0.932. The van der Waals surface area contributed by atoms with Crippen molar-refractivity contribution < 1.29 is 9.53 Å². The van der Waals surface area contributed by atoms with E-state index < -0.39 is 5.60 Å². The zero-order chi connectivity index (χ0) is 17.2. The van der Waals surface area contributed by atoms with Crippen LogP contribution in [0.4, 0.5) is 10.5 Å². The third-order valence-electron chi connectivity index (χ3n) is 3.67. The monoisotopic (exact) mass is 329 g/mol. The average molecular weight is 329 g/mol. The highest BCUT2D eigenvalue weighted by atomic mass is 16.6. The van der Waals surface area contributed by atoms with Crippen molar-refractivity contribution in [3.05, 3.63) is 42.5 Å². The second kappa shape index (κ2) is 6.51. The maximum atomic E-state index is 11.9. The predicted octanol–water partition coefficient (Wildman–Crippen LogP) is 2.36. The fourth-order valence-electron chi connectivity index (χ4n) is 2.49. The Kier molecular flexibility index (Phi) is 4.42. The van der Waals surface area contributed by atoms with Crippen molar-refractivity contribution in [3.8, 4) is 0 Å². The zero-order valence-corrected chi connectivity index (χ0v) is 14.3. The molecule has 1 aliphatic rings. The first-order chi connectivity index (χ1) is 11.4. The molecule has 7 nitrogen and oxygen atoms in total. The van der Waals surface area contributed by atoms with Crippen molar-refractivity contribution in [3.63, 3.8) is 0 Å². The van der Waals surface area contributed by atoms with E-state index in [1.165, 1.54) is 6.33 Å². The topological polar surface area (TPSA) is 72.3 Å². The molecule has 24 heavy (non-hydrogen) atoms. The summed E-state index contributed by atoms with van der Waals surface area (Å²) in [5.74, 6) is 0. The summed E-state index contributed by atoms with van der Waals surface area (Å²) >= 11 is 0. The Labute approximate surface area is 141 Å². The molecule has 0 saturated carbocycles. The number of amides is 1. The molecule has 0 spiro atoms. The van der Waals surface area contributed by atoms with Crippen LogP contribution in [0.1, 0.15) is 26.3 Å². The molecular weight excluding hydrogens is 306 g/mol. The van der Waals surface area contributed by atoms with Crippen LogP contribution in [-0.2, 0) is 11.3 Å². The van der Waals surface area contributed by atoms with Gasteiger partial charge >= 0.3 is 6.09 Å². The number of nitrogens with one attached hydrogen (secondary N) is 1. The van der Waals surface area contributed by atoms with Gasteiger partial charge in [0.2, 0.25) is 0 Å². The number of hydrogen-bond donors (Lipinski definition) is 1. The van der Waals surface area contributed by atoms with E-state index in [1.54, 1.807) is 15.9 Å². The lowest BCUT2D eigenvalue weighted by Crippen LogP contribution is -2.57. The summed E-state index contributed by atoms with van der Waals surface area (Å²) in [7, 11) is 0. The summed E-state index contributed by atoms with van der Waals surface area (Å²) in [6.07, 6.45) is 2.98. The van der Waals surface area contributed by atoms with Crippen LogP contribution in [0.3, 0.4) is 0 Å². The lowest BCUT2D eigenvalue weighted by atomic mass is 10.1. The van der Waals surface area contributed by atoms with Gasteiger partial charge in [-0.2, -0.15) is 5.10 Å². The molecule has 2 aromatic rings. The summed E-state index contributed by atoms with van der Waals surface area (Å²) in [6, 6.07) is 8.48. The van der Waals surface area contributed by atoms with Gasteiger partial charge in [0.15, 0.2) is 0 Å². The molecule has 0 bridgehead atoms. The van der Waals surface area contributed by atoms with Crippen LogP contribution in [0.5, 0.6) is 0 Å². The van der Waals surface area contributed by atoms with Gasteiger partial charge in [-0.25, -0.2) is 14.5 Å². The molecule has 0 radical (unpaired) electrons. The van der Waals surface area contributed by atoms with Crippen molar-refractivity contribution in [1.29, 1.82) is 0 Å². The summed E-state index contributed by atoms with van der Waals surface area (Å²) < 4.78 is 7.14. The molecule has 0 unspecified atom stereocenters. The highest BCUT2D eigenvalue weighted by Crippen LogP contribution is 2.19. The van der Waals surface area contributed by atoms with Gasteiger partial charge in [-0.3, -0.25) is 0 Å². The SMILES string of the molecule is CC(C)(C)OC(=O)N1CC(Nc2ccc(Cn3cncn3)cc2)C1. The maximum absolute atomic E-state index is 11.9. The first kappa shape index (κ1) is 16.3. The van der Waals surface area contributed by atoms with E-state index in [1.807, 2.05) is 32.9 Å². The maximum Gasteiger partial charge on any atom is 0.410 e. The molecule has 0 aliphatic carbocycles. The third kappa shape index (κ3) is 4.24. The molecule has 0 atom stereocenters. The molecule has 1 amide bonds. The largest absolute Gasteiger partial charge is 0.444 e. The fourth-order valence-corrected chi connectivity index (χ4v) is 2.49. The smallest absolute Gasteiger partial charge is 0.410 e. The van der Waals surface area contributed by atoms with Crippen LogP contribution < -0.4 is 5.32 Å². The molecule has 1 N–H and O–H groups in total. The molecule has 1 saturated heterocycles. The number of ether oxygens (including phenoxy) is 1. The molecule has 128 valence electrons. The first-order valence-electron chi connectivity index (χ1n) is 8.05. The van der Waals surface area contributed by atoms with Gasteiger partial charge in [-0.15, -0.1) is 0 Å². The van der Waals surface area contributed by atoms with Crippen LogP contribution in [0.15, 0.2) is 36.9 Å². The van der Waals surface area contributed by atoms with E-state index in [0.29, 0.717) is 19.6 Å².